The molecule has 1 amide bonds. The zero-order valence-corrected chi connectivity index (χ0v) is 51.2. The van der Waals surface area contributed by atoms with Gasteiger partial charge < -0.3 is 10.2 Å². The fraction of sp³-hybridized carbons (Fsp3) is 0.327. The number of nitrogens with two attached hydrogens (primary N) is 1. The molecule has 450 valence electrons. The van der Waals surface area contributed by atoms with Crippen LogP contribution in [0.4, 0.5) is 16.5 Å². The van der Waals surface area contributed by atoms with E-state index in [4.69, 9.17) is 22.7 Å². The minimum atomic E-state index is -5.07. The second-order valence-corrected chi connectivity index (χ2v) is 29.5. The Morgan fingerprint density at radius 3 is 2.02 bits per heavy atom. The number of allylic oxidation sites excluding steroid dienone is 6. The maximum Gasteiger partial charge on any atom is 0.425 e. The van der Waals surface area contributed by atoms with Gasteiger partial charge in [0.25, 0.3) is 50.5 Å². The van der Waals surface area contributed by atoms with Crippen LogP contribution in [-0.4, -0.2) is 123 Å². The van der Waals surface area contributed by atoms with Gasteiger partial charge in [0.05, 0.1) is 26.7 Å². The van der Waals surface area contributed by atoms with Gasteiger partial charge in [0.15, 0.2) is 5.71 Å². The highest BCUT2D eigenvalue weighted by atomic mass is 32.3. The molecule has 0 saturated heterocycles. The van der Waals surface area contributed by atoms with Crippen molar-refractivity contribution in [2.75, 3.05) is 29.1 Å². The number of carbonyl (C=O) groups is 1. The van der Waals surface area contributed by atoms with Crippen molar-refractivity contribution in [3.05, 3.63) is 125 Å². The molecule has 0 spiro atoms. The van der Waals surface area contributed by atoms with E-state index in [1.165, 1.54) is 18.2 Å². The number of fused-ring (bicyclic) bond motifs is 6. The second-order valence-electron chi connectivity index (χ2n) is 20.6. The number of unbranched alkanes of at least 4 members (excludes halogenated alkanes) is 2. The Morgan fingerprint density at radius 1 is 0.762 bits per heavy atom. The summed E-state index contributed by atoms with van der Waals surface area (Å²) in [6, 6.07) is 16.7. The quantitative estimate of drug-likeness (QED) is 0.0143. The molecule has 2 aromatic heterocycles. The van der Waals surface area contributed by atoms with Crippen LogP contribution in [0.15, 0.2) is 122 Å². The fourth-order valence-electron chi connectivity index (χ4n) is 10.4. The first-order chi connectivity index (χ1) is 38.9. The molecule has 32 heteroatoms. The Labute approximate surface area is 490 Å². The molecule has 0 radical (unpaired) electrons. The van der Waals surface area contributed by atoms with Crippen molar-refractivity contribution in [1.29, 1.82) is 0 Å². The molecular weight excluding hydrogens is 1240 g/mol. The summed E-state index contributed by atoms with van der Waals surface area (Å²) >= 11 is 0.633. The molecule has 4 heterocycles. The molecule has 0 saturated carbocycles. The molecule has 2 aliphatic rings. The van der Waals surface area contributed by atoms with Crippen LogP contribution in [0.25, 0.3) is 27.1 Å². The Morgan fingerprint density at radius 2 is 1.43 bits per heavy atom. The van der Waals surface area contributed by atoms with Gasteiger partial charge in [-0.15, -0.1) is 22.8 Å². The highest BCUT2D eigenvalue weighted by Crippen LogP contribution is 2.52. The lowest BCUT2D eigenvalue weighted by atomic mass is 9.79. The second kappa shape index (κ2) is 24.8. The largest absolute Gasteiger partial charge is 0.425 e. The molecule has 7 N–H and O–H groups in total. The number of aromatic nitrogens is 3. The van der Waals surface area contributed by atoms with Crippen LogP contribution in [0, 0.1) is 0 Å². The number of sulfonamides is 1. The van der Waals surface area contributed by atoms with Gasteiger partial charge in [-0.25, -0.2) is 13.6 Å². The van der Waals surface area contributed by atoms with Gasteiger partial charge in [-0.3, -0.25) is 28.0 Å². The first-order valence-electron chi connectivity index (χ1n) is 25.4. The lowest BCUT2D eigenvalue weighted by Crippen LogP contribution is -2.28. The number of nitrogens with one attached hydrogen (secondary N) is 1. The molecule has 25 nitrogen and oxygen atoms in total. The average Bonchev–Trinajstić information content (AvgIpc) is 1.70. The zero-order chi connectivity index (χ0) is 62.1. The molecule has 0 fully saturated rings. The number of amides is 1. The maximum absolute atomic E-state index is 12.8. The van der Waals surface area contributed by atoms with E-state index in [1.54, 1.807) is 48.9 Å². The Balaban J connectivity index is 0.00000245. The van der Waals surface area contributed by atoms with Gasteiger partial charge in [-0.2, -0.15) is 38.2 Å². The molecular formula is C52H58N7O18S7+. The van der Waals surface area contributed by atoms with E-state index in [-0.39, 0.29) is 40.2 Å². The van der Waals surface area contributed by atoms with Crippen molar-refractivity contribution in [1.82, 2.24) is 15.2 Å². The molecule has 4 aromatic carbocycles. The van der Waals surface area contributed by atoms with E-state index in [2.05, 4.69) is 27.3 Å². The topological polar surface area (TPSA) is 403 Å². The molecule has 0 bridgehead atoms. The van der Waals surface area contributed by atoms with Gasteiger partial charge in [0, 0.05) is 71.0 Å². The Bertz CT molecular complexity index is 4480. The zero-order valence-electron chi connectivity index (χ0n) is 45.5. The minimum Gasteiger partial charge on any atom is -0.344 e. The number of pyridine rings is 1. The van der Waals surface area contributed by atoms with Crippen molar-refractivity contribution in [3.63, 3.8) is 0 Å². The first-order valence-corrected chi connectivity index (χ1v) is 34.7. The van der Waals surface area contributed by atoms with Crippen molar-refractivity contribution in [2.45, 2.75) is 109 Å². The monoisotopic (exact) mass is 1290 g/mol. The number of hydrogen-bond donors (Lipinski definition) is 6. The summed E-state index contributed by atoms with van der Waals surface area (Å²) in [5.41, 5.74) is 3.78. The molecule has 84 heavy (non-hydrogen) atoms. The van der Waals surface area contributed by atoms with E-state index in [0.717, 1.165) is 46.8 Å². The van der Waals surface area contributed by atoms with Crippen molar-refractivity contribution >= 4 is 128 Å². The van der Waals surface area contributed by atoms with E-state index in [0.29, 0.717) is 76.8 Å². The van der Waals surface area contributed by atoms with Crippen LogP contribution in [0.2, 0.25) is 0 Å². The first kappa shape index (κ1) is 65.0. The van der Waals surface area contributed by atoms with Crippen LogP contribution in [0.3, 0.4) is 0 Å². The summed E-state index contributed by atoms with van der Waals surface area (Å²) < 4.78 is 190. The number of rotatable bonds is 21. The number of nitrogens with zero attached hydrogens (tertiary/aromatic N) is 5. The van der Waals surface area contributed by atoms with Crippen LogP contribution >= 0.6 is 11.3 Å². The normalized spacial score (nSPS) is 15.9. The molecule has 0 aliphatic carbocycles. The van der Waals surface area contributed by atoms with Crippen LogP contribution in [-0.2, 0) is 83.1 Å². The standard InChI is InChI=1S/C52H57N7O15S6.O3S/c1-6-7-25-58-41-21-15-33-14-18-35(78(66,67)68)28-38(33)47(41)51(2,3)44(58)23-16-34(40-20-13-32(31-54-40)11-8-9-12-46(60)55-49-56-57-50(75-49)77(53,64)65)17-24-45-52(4,5)48-39-29-36(79(69,70)71)30-43(80(72,73)74)37(39)19-22-42(48)59(45)26-10-27-76(61,62)63;1-4(2)3/h13-24,28-31H,6-12,25-27H2,1-5H3,(H6-,53,55,56,60,61,62,63,64,65,66,67,68,69,70,71,72,73,74);/p+1. The number of carbonyl (C=O) groups excluding carboxylic acids is 1. The van der Waals surface area contributed by atoms with Crippen LogP contribution in [0.5, 0.6) is 0 Å². The molecule has 0 atom stereocenters. The summed E-state index contributed by atoms with van der Waals surface area (Å²) in [5.74, 6) is -1.02. The van der Waals surface area contributed by atoms with E-state index >= 15 is 0 Å². The predicted octanol–water partition coefficient (Wildman–Crippen LogP) is 6.75. The van der Waals surface area contributed by atoms with Gasteiger partial charge in [0.1, 0.15) is 11.4 Å². The predicted molar refractivity (Wildman–Crippen MR) is 313 cm³/mol. The Kier molecular flexibility index (Phi) is 19.2. The SMILES string of the molecule is CCCCN1C(=CC=C(C=CC2=[N+](CCCS(=O)(=O)O)c3ccc4c(S(=O)(=O)O)cc(S(=O)(=O)O)cc4c3C2(C)C)c2ccc(CCCCC(=O)Nc3nnc(S(N)(=O)=O)s3)cn2)C(C)(C)c2c1ccc1ccc(S(=O)(=O)O)cc21.O=S(=O)=O. The third-order valence-corrected chi connectivity index (χ3v) is 19.6. The smallest absolute Gasteiger partial charge is 0.344 e. The fourth-order valence-corrected chi connectivity index (χ4v) is 14.1. The van der Waals surface area contributed by atoms with Gasteiger partial charge in [-0.1, -0.05) is 62.8 Å². The number of benzene rings is 4. The molecule has 2 aliphatic heterocycles. The summed E-state index contributed by atoms with van der Waals surface area (Å²) in [7, 11) is -26.3. The highest BCUT2D eigenvalue weighted by molar-refractivity contribution is 7.91. The van der Waals surface area contributed by atoms with E-state index in [1.807, 2.05) is 50.3 Å². The van der Waals surface area contributed by atoms with Crippen LogP contribution < -0.4 is 15.4 Å². The minimum absolute atomic E-state index is 0.00820. The molecule has 0 unspecified atom stereocenters. The van der Waals surface area contributed by atoms with Crippen molar-refractivity contribution < 1.29 is 82.3 Å². The van der Waals surface area contributed by atoms with Gasteiger partial charge >= 0.3 is 10.6 Å². The lowest BCUT2D eigenvalue weighted by molar-refractivity contribution is -0.437. The van der Waals surface area contributed by atoms with E-state index in [9.17, 15) is 65.1 Å². The summed E-state index contributed by atoms with van der Waals surface area (Å²) in [6.07, 6.45) is 12.3. The number of anilines is 2. The van der Waals surface area contributed by atoms with Gasteiger partial charge in [-0.05, 0) is 121 Å². The maximum atomic E-state index is 12.8. The Hall–Kier alpha value is -6.56. The number of aryl methyl sites for hydroxylation is 1. The van der Waals surface area contributed by atoms with Crippen molar-refractivity contribution in [3.8, 4) is 0 Å². The lowest BCUT2D eigenvalue weighted by Gasteiger charge is -2.27. The number of primary sulfonamides is 1. The molecule has 6 aromatic rings. The summed E-state index contributed by atoms with van der Waals surface area (Å²) in [5, 5.41) is 16.2. The summed E-state index contributed by atoms with van der Waals surface area (Å²) in [6.45, 7) is 10.2. The highest BCUT2D eigenvalue weighted by Gasteiger charge is 2.47. The van der Waals surface area contributed by atoms with Crippen LogP contribution in [0.1, 0.15) is 95.5 Å². The average molecular weight is 1290 g/mol. The third kappa shape index (κ3) is 14.9. The third-order valence-electron chi connectivity index (χ3n) is 14.1. The van der Waals surface area contributed by atoms with E-state index < -0.39 is 97.7 Å². The number of hydrogen-bond acceptors (Lipinski definition) is 19. The van der Waals surface area contributed by atoms with Gasteiger partial charge in [0.2, 0.25) is 21.1 Å². The summed E-state index contributed by atoms with van der Waals surface area (Å²) in [4.78, 5) is 17.9. The molecule has 8 rings (SSSR count). The van der Waals surface area contributed by atoms with Crippen molar-refractivity contribution in [2.24, 2.45) is 5.14 Å².